The molecule has 100 valence electrons. The lowest BCUT2D eigenvalue weighted by molar-refractivity contribution is 0.0923. The maximum Gasteiger partial charge on any atom is 0.251 e. The molecule has 0 aliphatic rings. The molecule has 0 saturated carbocycles. The molecule has 0 bridgehead atoms. The quantitative estimate of drug-likeness (QED) is 0.617. The summed E-state index contributed by atoms with van der Waals surface area (Å²) in [5, 5.41) is 3.43. The van der Waals surface area contributed by atoms with Gasteiger partial charge in [0, 0.05) is 17.4 Å². The standard InChI is InChI=1S/C12H15BrFNO3/c1-17-11-8-9(2-3-10(11)14)12(16)15-5-7-18-6-4-13/h2-3,8H,4-7H2,1H3,(H,15,16). The van der Waals surface area contributed by atoms with Crippen molar-refractivity contribution in [2.24, 2.45) is 0 Å². The molecule has 0 aliphatic carbocycles. The molecule has 1 amide bonds. The van der Waals surface area contributed by atoms with Gasteiger partial charge in [-0.15, -0.1) is 0 Å². The van der Waals surface area contributed by atoms with Gasteiger partial charge in [-0.05, 0) is 18.2 Å². The van der Waals surface area contributed by atoms with E-state index in [4.69, 9.17) is 9.47 Å². The molecule has 0 unspecified atom stereocenters. The topological polar surface area (TPSA) is 47.6 Å². The van der Waals surface area contributed by atoms with Gasteiger partial charge in [0.25, 0.3) is 5.91 Å². The van der Waals surface area contributed by atoms with Crippen LogP contribution in [-0.2, 0) is 4.74 Å². The normalized spacial score (nSPS) is 10.2. The number of hydrogen-bond donors (Lipinski definition) is 1. The Kier molecular flexibility index (Phi) is 6.67. The molecule has 6 heteroatoms. The van der Waals surface area contributed by atoms with Gasteiger partial charge in [-0.2, -0.15) is 0 Å². The van der Waals surface area contributed by atoms with E-state index in [0.29, 0.717) is 25.3 Å². The summed E-state index contributed by atoms with van der Waals surface area (Å²) >= 11 is 3.23. The molecule has 0 atom stereocenters. The molecule has 1 N–H and O–H groups in total. The minimum absolute atomic E-state index is 0.0539. The van der Waals surface area contributed by atoms with Crippen LogP contribution in [0.25, 0.3) is 0 Å². The van der Waals surface area contributed by atoms with Gasteiger partial charge in [0.1, 0.15) is 0 Å². The summed E-state index contributed by atoms with van der Waals surface area (Å²) in [4.78, 5) is 11.7. The van der Waals surface area contributed by atoms with Crippen LogP contribution in [0.2, 0.25) is 0 Å². The second-order valence-electron chi connectivity index (χ2n) is 3.41. The Hall–Kier alpha value is -1.14. The SMILES string of the molecule is COc1cc(C(=O)NCCOCCBr)ccc1F. The average molecular weight is 320 g/mol. The number of methoxy groups -OCH3 is 1. The van der Waals surface area contributed by atoms with Gasteiger partial charge in [0.15, 0.2) is 11.6 Å². The fraction of sp³-hybridized carbons (Fsp3) is 0.417. The van der Waals surface area contributed by atoms with Crippen LogP contribution in [0.15, 0.2) is 18.2 Å². The van der Waals surface area contributed by atoms with Crippen molar-refractivity contribution in [2.75, 3.05) is 32.2 Å². The van der Waals surface area contributed by atoms with Crippen LogP contribution in [0.4, 0.5) is 4.39 Å². The molecule has 18 heavy (non-hydrogen) atoms. The van der Waals surface area contributed by atoms with Crippen LogP contribution in [0.5, 0.6) is 5.75 Å². The van der Waals surface area contributed by atoms with Gasteiger partial charge in [-0.3, -0.25) is 4.79 Å². The number of halogens is 2. The van der Waals surface area contributed by atoms with Gasteiger partial charge in [0.05, 0.1) is 20.3 Å². The maximum atomic E-state index is 13.1. The van der Waals surface area contributed by atoms with Crippen LogP contribution in [0, 0.1) is 5.82 Å². The van der Waals surface area contributed by atoms with Gasteiger partial charge < -0.3 is 14.8 Å². The summed E-state index contributed by atoms with van der Waals surface area (Å²) in [6.07, 6.45) is 0. The molecule has 0 fully saturated rings. The van der Waals surface area contributed by atoms with E-state index < -0.39 is 5.82 Å². The average Bonchev–Trinajstić information content (AvgIpc) is 2.38. The summed E-state index contributed by atoms with van der Waals surface area (Å²) in [5.41, 5.74) is 0.355. The van der Waals surface area contributed by atoms with Crippen molar-refractivity contribution in [1.82, 2.24) is 5.32 Å². The predicted octanol–water partition coefficient (Wildman–Crippen LogP) is 1.98. The Bertz CT molecular complexity index is 401. The van der Waals surface area contributed by atoms with Crippen LogP contribution in [0.1, 0.15) is 10.4 Å². The molecule has 4 nitrogen and oxygen atoms in total. The third-order valence-electron chi connectivity index (χ3n) is 2.17. The Morgan fingerprint density at radius 2 is 2.22 bits per heavy atom. The second kappa shape index (κ2) is 8.05. The van der Waals surface area contributed by atoms with Gasteiger partial charge in [-0.25, -0.2) is 4.39 Å². The zero-order valence-electron chi connectivity index (χ0n) is 10.0. The van der Waals surface area contributed by atoms with E-state index in [9.17, 15) is 9.18 Å². The minimum atomic E-state index is -0.491. The molecule has 0 saturated heterocycles. The first-order chi connectivity index (χ1) is 8.69. The maximum absolute atomic E-state index is 13.1. The number of ether oxygens (including phenoxy) is 2. The highest BCUT2D eigenvalue weighted by Crippen LogP contribution is 2.17. The fourth-order valence-electron chi connectivity index (χ4n) is 1.30. The van der Waals surface area contributed by atoms with Gasteiger partial charge in [-0.1, -0.05) is 15.9 Å². The first kappa shape index (κ1) is 14.9. The number of hydrogen-bond acceptors (Lipinski definition) is 3. The predicted molar refractivity (Wildman–Crippen MR) is 69.9 cm³/mol. The number of alkyl halides is 1. The lowest BCUT2D eigenvalue weighted by atomic mass is 10.2. The van der Waals surface area contributed by atoms with E-state index in [2.05, 4.69) is 21.2 Å². The van der Waals surface area contributed by atoms with E-state index in [1.807, 2.05) is 0 Å². The molecule has 0 spiro atoms. The van der Waals surface area contributed by atoms with Crippen molar-refractivity contribution in [3.8, 4) is 5.75 Å². The van der Waals surface area contributed by atoms with Crippen molar-refractivity contribution in [1.29, 1.82) is 0 Å². The molecule has 1 aromatic rings. The van der Waals surface area contributed by atoms with Crippen LogP contribution in [-0.4, -0.2) is 38.1 Å². The van der Waals surface area contributed by atoms with Gasteiger partial charge in [0.2, 0.25) is 0 Å². The molecular weight excluding hydrogens is 305 g/mol. The summed E-state index contributed by atoms with van der Waals surface area (Å²) in [5.74, 6) is -0.719. The summed E-state index contributed by atoms with van der Waals surface area (Å²) in [6.45, 7) is 1.45. The molecule has 0 heterocycles. The number of carbonyl (C=O) groups excluding carboxylic acids is 1. The summed E-state index contributed by atoms with van der Waals surface area (Å²) in [6, 6.07) is 3.98. The second-order valence-corrected chi connectivity index (χ2v) is 4.20. The van der Waals surface area contributed by atoms with E-state index >= 15 is 0 Å². The van der Waals surface area contributed by atoms with E-state index in [1.54, 1.807) is 0 Å². The molecule has 0 radical (unpaired) electrons. The van der Waals surface area contributed by atoms with E-state index in [0.717, 1.165) is 5.33 Å². The van der Waals surface area contributed by atoms with Crippen LogP contribution < -0.4 is 10.1 Å². The lowest BCUT2D eigenvalue weighted by Gasteiger charge is -2.07. The first-order valence-electron chi connectivity index (χ1n) is 5.44. The number of amides is 1. The van der Waals surface area contributed by atoms with Crippen LogP contribution in [0.3, 0.4) is 0 Å². The third-order valence-corrected chi connectivity index (χ3v) is 2.49. The number of nitrogens with one attached hydrogen (secondary N) is 1. The van der Waals surface area contributed by atoms with Crippen molar-refractivity contribution in [2.45, 2.75) is 0 Å². The molecule has 0 aromatic heterocycles. The van der Waals surface area contributed by atoms with Gasteiger partial charge >= 0.3 is 0 Å². The molecular formula is C12H15BrFNO3. The lowest BCUT2D eigenvalue weighted by Crippen LogP contribution is -2.27. The Morgan fingerprint density at radius 1 is 1.44 bits per heavy atom. The molecule has 0 aliphatic heterocycles. The number of rotatable bonds is 7. The van der Waals surface area contributed by atoms with Crippen molar-refractivity contribution in [3.63, 3.8) is 0 Å². The molecule has 1 rings (SSSR count). The third kappa shape index (κ3) is 4.62. The van der Waals surface area contributed by atoms with E-state index in [1.165, 1.54) is 25.3 Å². The first-order valence-corrected chi connectivity index (χ1v) is 6.56. The Morgan fingerprint density at radius 3 is 2.89 bits per heavy atom. The number of benzene rings is 1. The highest BCUT2D eigenvalue weighted by atomic mass is 79.9. The summed E-state index contributed by atoms with van der Waals surface area (Å²) in [7, 11) is 1.36. The van der Waals surface area contributed by atoms with E-state index in [-0.39, 0.29) is 11.7 Å². The van der Waals surface area contributed by atoms with Crippen molar-refractivity contribution >= 4 is 21.8 Å². The monoisotopic (exact) mass is 319 g/mol. The van der Waals surface area contributed by atoms with Crippen molar-refractivity contribution < 1.29 is 18.7 Å². The smallest absolute Gasteiger partial charge is 0.251 e. The largest absolute Gasteiger partial charge is 0.494 e. The Labute approximate surface area is 114 Å². The summed E-state index contributed by atoms with van der Waals surface area (Å²) < 4.78 is 23.1. The minimum Gasteiger partial charge on any atom is -0.494 e. The highest BCUT2D eigenvalue weighted by Gasteiger charge is 2.09. The van der Waals surface area contributed by atoms with Crippen LogP contribution >= 0.6 is 15.9 Å². The zero-order valence-corrected chi connectivity index (χ0v) is 11.6. The number of carbonyl (C=O) groups is 1. The fourth-order valence-corrected chi connectivity index (χ4v) is 1.53. The Balaban J connectivity index is 2.46. The zero-order chi connectivity index (χ0) is 13.4. The molecule has 1 aromatic carbocycles. The highest BCUT2D eigenvalue weighted by molar-refractivity contribution is 9.09. The van der Waals surface area contributed by atoms with Crippen molar-refractivity contribution in [3.05, 3.63) is 29.6 Å².